The number of rotatable bonds is 7. The highest BCUT2D eigenvalue weighted by Gasteiger charge is 2.17. The number of carbonyl (C=O) groups is 1. The van der Waals surface area contributed by atoms with Crippen LogP contribution in [0.2, 0.25) is 0 Å². The van der Waals surface area contributed by atoms with Gasteiger partial charge in [-0.05, 0) is 92.2 Å². The molecular weight excluding hydrogens is 496 g/mol. The molecule has 0 atom stereocenters. The molecule has 0 radical (unpaired) electrons. The Kier molecular flexibility index (Phi) is 7.15. The quantitative estimate of drug-likeness (QED) is 0.469. The maximum absolute atomic E-state index is 12.6. The summed E-state index contributed by atoms with van der Waals surface area (Å²) < 4.78 is 33.9. The molecule has 0 spiro atoms. The van der Waals surface area contributed by atoms with Crippen molar-refractivity contribution in [3.8, 4) is 5.75 Å². The predicted molar refractivity (Wildman–Crippen MR) is 127 cm³/mol. The monoisotopic (exact) mass is 518 g/mol. The number of amides is 1. The highest BCUT2D eigenvalue weighted by Crippen LogP contribution is 2.27. The number of anilines is 2. The van der Waals surface area contributed by atoms with Crippen molar-refractivity contribution in [2.45, 2.75) is 38.7 Å². The van der Waals surface area contributed by atoms with Crippen molar-refractivity contribution < 1.29 is 17.9 Å². The Balaban J connectivity index is 1.71. The summed E-state index contributed by atoms with van der Waals surface area (Å²) in [5, 5.41) is 2.75. The third kappa shape index (κ3) is 6.04. The van der Waals surface area contributed by atoms with Crippen LogP contribution >= 0.6 is 15.9 Å². The molecule has 3 rings (SSSR count). The van der Waals surface area contributed by atoms with Gasteiger partial charge in [0.05, 0.1) is 15.5 Å². The van der Waals surface area contributed by atoms with Gasteiger partial charge < -0.3 is 10.1 Å². The topological polar surface area (TPSA) is 110 Å². The Bertz CT molecular complexity index is 1230. The van der Waals surface area contributed by atoms with Crippen molar-refractivity contribution in [1.29, 1.82) is 0 Å². The SMILES string of the molecule is Cc1cc(C)nc(NS(=O)(=O)c2ccc(NC(=O)c3ccc(OC(C)C)c(Br)c3)cc2)n1. The van der Waals surface area contributed by atoms with Crippen molar-refractivity contribution in [2.75, 3.05) is 10.0 Å². The third-order valence-electron chi connectivity index (χ3n) is 4.19. The van der Waals surface area contributed by atoms with Crippen molar-refractivity contribution in [1.82, 2.24) is 9.97 Å². The van der Waals surface area contributed by atoms with Gasteiger partial charge >= 0.3 is 0 Å². The molecular formula is C22H23BrN4O4S. The number of nitrogens with zero attached hydrogens (tertiary/aromatic N) is 2. The van der Waals surface area contributed by atoms with E-state index in [0.29, 0.717) is 32.9 Å². The Labute approximate surface area is 195 Å². The predicted octanol–water partition coefficient (Wildman–Crippen LogP) is 4.70. The van der Waals surface area contributed by atoms with Crippen LogP contribution in [0.15, 0.2) is 57.9 Å². The van der Waals surface area contributed by atoms with E-state index < -0.39 is 10.0 Å². The second kappa shape index (κ2) is 9.66. The first-order valence-corrected chi connectivity index (χ1v) is 12.0. The molecule has 0 fully saturated rings. The van der Waals surface area contributed by atoms with E-state index in [-0.39, 0.29) is 22.9 Å². The van der Waals surface area contributed by atoms with Gasteiger partial charge in [-0.25, -0.2) is 23.1 Å². The lowest BCUT2D eigenvalue weighted by Crippen LogP contribution is -2.16. The molecule has 32 heavy (non-hydrogen) atoms. The largest absolute Gasteiger partial charge is 0.490 e. The Morgan fingerprint density at radius 1 is 1.00 bits per heavy atom. The number of halogens is 1. The van der Waals surface area contributed by atoms with Crippen LogP contribution in [0.1, 0.15) is 35.6 Å². The van der Waals surface area contributed by atoms with Crippen LogP contribution < -0.4 is 14.8 Å². The zero-order valence-electron chi connectivity index (χ0n) is 18.0. The van der Waals surface area contributed by atoms with Gasteiger partial charge in [-0.1, -0.05) is 0 Å². The fourth-order valence-electron chi connectivity index (χ4n) is 2.86. The van der Waals surface area contributed by atoms with E-state index in [4.69, 9.17) is 4.74 Å². The molecule has 0 unspecified atom stereocenters. The molecule has 0 saturated heterocycles. The van der Waals surface area contributed by atoms with Crippen molar-refractivity contribution in [2.24, 2.45) is 0 Å². The van der Waals surface area contributed by atoms with Gasteiger partial charge in [0.15, 0.2) is 0 Å². The second-order valence-electron chi connectivity index (χ2n) is 7.37. The minimum absolute atomic E-state index is 0.00958. The molecule has 0 aliphatic carbocycles. The highest BCUT2D eigenvalue weighted by atomic mass is 79.9. The standard InChI is InChI=1S/C22H23BrN4O4S/c1-13(2)31-20-10-5-16(12-19(20)23)21(28)26-17-6-8-18(9-7-17)32(29,30)27-22-24-14(3)11-15(4)25-22/h5-13H,1-4H3,(H,26,28)(H,24,25,27). The average Bonchev–Trinajstić information content (AvgIpc) is 2.68. The van der Waals surface area contributed by atoms with Gasteiger partial charge in [0.1, 0.15) is 5.75 Å². The molecule has 168 valence electrons. The smallest absolute Gasteiger partial charge is 0.264 e. The summed E-state index contributed by atoms with van der Waals surface area (Å²) in [4.78, 5) is 20.8. The van der Waals surface area contributed by atoms with Crippen LogP contribution in [0.25, 0.3) is 0 Å². The minimum atomic E-state index is -3.87. The van der Waals surface area contributed by atoms with Crippen LogP contribution in [0.5, 0.6) is 5.75 Å². The summed E-state index contributed by atoms with van der Waals surface area (Å²) in [7, 11) is -3.87. The van der Waals surface area contributed by atoms with E-state index >= 15 is 0 Å². The average molecular weight is 519 g/mol. The van der Waals surface area contributed by atoms with E-state index in [0.717, 1.165) is 0 Å². The number of benzene rings is 2. The highest BCUT2D eigenvalue weighted by molar-refractivity contribution is 9.10. The number of hydrogen-bond acceptors (Lipinski definition) is 6. The summed E-state index contributed by atoms with van der Waals surface area (Å²) in [5.74, 6) is 0.320. The van der Waals surface area contributed by atoms with E-state index in [1.165, 1.54) is 24.3 Å². The second-order valence-corrected chi connectivity index (χ2v) is 9.91. The van der Waals surface area contributed by atoms with Crippen LogP contribution in [0.4, 0.5) is 11.6 Å². The molecule has 0 aliphatic heterocycles. The lowest BCUT2D eigenvalue weighted by molar-refractivity contribution is 0.102. The molecule has 10 heteroatoms. The molecule has 0 aliphatic rings. The molecule has 3 aromatic rings. The summed E-state index contributed by atoms with van der Waals surface area (Å²) in [6.45, 7) is 7.35. The first-order chi connectivity index (χ1) is 15.0. The Morgan fingerprint density at radius 2 is 1.62 bits per heavy atom. The zero-order valence-corrected chi connectivity index (χ0v) is 20.4. The van der Waals surface area contributed by atoms with Crippen LogP contribution in [-0.4, -0.2) is 30.4 Å². The van der Waals surface area contributed by atoms with Gasteiger partial charge in [-0.2, -0.15) is 0 Å². The molecule has 1 amide bonds. The molecule has 8 nitrogen and oxygen atoms in total. The third-order valence-corrected chi connectivity index (χ3v) is 6.15. The van der Waals surface area contributed by atoms with Gasteiger partial charge in [-0.3, -0.25) is 4.79 Å². The molecule has 2 aromatic carbocycles. The fraction of sp³-hybridized carbons (Fsp3) is 0.227. The van der Waals surface area contributed by atoms with E-state index in [1.807, 2.05) is 13.8 Å². The molecule has 1 heterocycles. The fourth-order valence-corrected chi connectivity index (χ4v) is 4.28. The number of ether oxygens (including phenoxy) is 1. The molecule has 1 aromatic heterocycles. The number of aryl methyl sites for hydroxylation is 2. The minimum Gasteiger partial charge on any atom is -0.490 e. The summed E-state index contributed by atoms with van der Waals surface area (Å²) in [6.07, 6.45) is 0.0109. The van der Waals surface area contributed by atoms with E-state index in [2.05, 4.69) is 35.9 Å². The summed E-state index contributed by atoms with van der Waals surface area (Å²) in [6, 6.07) is 12.6. The number of nitrogens with one attached hydrogen (secondary N) is 2. The Morgan fingerprint density at radius 3 is 2.19 bits per heavy atom. The van der Waals surface area contributed by atoms with Crippen LogP contribution in [-0.2, 0) is 10.0 Å². The van der Waals surface area contributed by atoms with Crippen LogP contribution in [0, 0.1) is 13.8 Å². The van der Waals surface area contributed by atoms with E-state index in [9.17, 15) is 13.2 Å². The number of carbonyl (C=O) groups excluding carboxylic acids is 1. The van der Waals surface area contributed by atoms with Gasteiger partial charge in [-0.15, -0.1) is 0 Å². The number of aromatic nitrogens is 2. The summed E-state index contributed by atoms with van der Waals surface area (Å²) in [5.41, 5.74) is 2.20. The van der Waals surface area contributed by atoms with Gasteiger partial charge in [0, 0.05) is 22.6 Å². The number of sulfonamides is 1. The maximum atomic E-state index is 12.6. The van der Waals surface area contributed by atoms with Gasteiger partial charge in [0.2, 0.25) is 5.95 Å². The van der Waals surface area contributed by atoms with Crippen molar-refractivity contribution in [3.05, 3.63) is 70.0 Å². The normalized spacial score (nSPS) is 11.3. The molecule has 0 saturated carbocycles. The molecule has 0 bridgehead atoms. The number of hydrogen-bond donors (Lipinski definition) is 2. The van der Waals surface area contributed by atoms with Crippen molar-refractivity contribution in [3.63, 3.8) is 0 Å². The van der Waals surface area contributed by atoms with Crippen molar-refractivity contribution >= 4 is 43.5 Å². The molecule has 2 N–H and O–H groups in total. The zero-order chi connectivity index (χ0) is 23.5. The van der Waals surface area contributed by atoms with Crippen LogP contribution in [0.3, 0.4) is 0 Å². The van der Waals surface area contributed by atoms with E-state index in [1.54, 1.807) is 38.1 Å². The lowest BCUT2D eigenvalue weighted by Gasteiger charge is -2.13. The first kappa shape index (κ1) is 23.7. The Hall–Kier alpha value is -2.98. The lowest BCUT2D eigenvalue weighted by atomic mass is 10.2. The first-order valence-electron chi connectivity index (χ1n) is 9.76. The summed E-state index contributed by atoms with van der Waals surface area (Å²) >= 11 is 3.41. The van der Waals surface area contributed by atoms with Gasteiger partial charge in [0.25, 0.3) is 15.9 Å². The maximum Gasteiger partial charge on any atom is 0.264 e.